The molecular weight excluding hydrogens is 310 g/mol. The lowest BCUT2D eigenvalue weighted by Crippen LogP contribution is -2.19. The predicted molar refractivity (Wildman–Crippen MR) is 99.7 cm³/mol. The van der Waals surface area contributed by atoms with Gasteiger partial charge in [0, 0.05) is 31.1 Å². The van der Waals surface area contributed by atoms with Gasteiger partial charge in [0.05, 0.1) is 17.4 Å². The van der Waals surface area contributed by atoms with Gasteiger partial charge in [0.1, 0.15) is 11.6 Å². The lowest BCUT2D eigenvalue weighted by atomic mass is 10.0. The minimum Gasteiger partial charge on any atom is -0.361 e. The number of anilines is 1. The first-order valence-corrected chi connectivity index (χ1v) is 9.53. The fourth-order valence-corrected chi connectivity index (χ4v) is 3.61. The molecule has 1 aliphatic heterocycles. The van der Waals surface area contributed by atoms with E-state index in [0.717, 1.165) is 49.7 Å². The second kappa shape index (κ2) is 7.08. The molecule has 132 valence electrons. The topological polar surface area (TPSA) is 62.7 Å². The molecule has 0 radical (unpaired) electrons. The Labute approximate surface area is 149 Å². The third kappa shape index (κ3) is 3.66. The van der Waals surface area contributed by atoms with E-state index < -0.39 is 0 Å². The first-order valence-electron chi connectivity index (χ1n) is 9.53. The third-order valence-corrected chi connectivity index (χ3v) is 5.19. The van der Waals surface area contributed by atoms with E-state index in [4.69, 9.17) is 9.97 Å². The predicted octanol–water partition coefficient (Wildman–Crippen LogP) is 2.99. The first-order chi connectivity index (χ1) is 12.2. The summed E-state index contributed by atoms with van der Waals surface area (Å²) in [4.78, 5) is 14.3. The van der Waals surface area contributed by atoms with Crippen LogP contribution in [0.1, 0.15) is 54.1 Å². The SMILES string of the molecule is CCc1nc2c(c(NC(c3cc(C)ccn3)C3CC3)n1)CCNCC2. The molecule has 0 saturated heterocycles. The van der Waals surface area contributed by atoms with Crippen LogP contribution in [0.4, 0.5) is 5.82 Å². The number of hydrogen-bond donors (Lipinski definition) is 2. The highest BCUT2D eigenvalue weighted by molar-refractivity contribution is 5.49. The van der Waals surface area contributed by atoms with Crippen molar-refractivity contribution >= 4 is 5.82 Å². The molecule has 1 fully saturated rings. The Bertz CT molecular complexity index is 754. The lowest BCUT2D eigenvalue weighted by molar-refractivity contribution is 0.650. The van der Waals surface area contributed by atoms with Crippen LogP contribution in [0.25, 0.3) is 0 Å². The zero-order chi connectivity index (χ0) is 17.2. The van der Waals surface area contributed by atoms with Gasteiger partial charge in [-0.1, -0.05) is 6.92 Å². The maximum atomic E-state index is 4.87. The molecule has 3 heterocycles. The molecule has 2 aliphatic rings. The Morgan fingerprint density at radius 3 is 2.84 bits per heavy atom. The molecule has 1 atom stereocenters. The maximum Gasteiger partial charge on any atom is 0.133 e. The Morgan fingerprint density at radius 1 is 1.24 bits per heavy atom. The van der Waals surface area contributed by atoms with Gasteiger partial charge in [-0.3, -0.25) is 4.98 Å². The van der Waals surface area contributed by atoms with Gasteiger partial charge in [-0.25, -0.2) is 9.97 Å². The van der Waals surface area contributed by atoms with Gasteiger partial charge in [-0.15, -0.1) is 0 Å². The quantitative estimate of drug-likeness (QED) is 0.878. The van der Waals surface area contributed by atoms with Crippen molar-refractivity contribution in [3.05, 3.63) is 46.7 Å². The molecule has 2 aromatic rings. The number of fused-ring (bicyclic) bond motifs is 1. The summed E-state index contributed by atoms with van der Waals surface area (Å²) in [6, 6.07) is 4.52. The van der Waals surface area contributed by atoms with E-state index in [0.29, 0.717) is 5.92 Å². The Balaban J connectivity index is 1.70. The van der Waals surface area contributed by atoms with Crippen LogP contribution in [0.3, 0.4) is 0 Å². The van der Waals surface area contributed by atoms with E-state index in [-0.39, 0.29) is 6.04 Å². The van der Waals surface area contributed by atoms with Crippen LogP contribution in [-0.2, 0) is 19.3 Å². The Morgan fingerprint density at radius 2 is 2.08 bits per heavy atom. The average molecular weight is 337 g/mol. The minimum absolute atomic E-state index is 0.250. The van der Waals surface area contributed by atoms with E-state index in [9.17, 15) is 0 Å². The fraction of sp³-hybridized carbons (Fsp3) is 0.550. The van der Waals surface area contributed by atoms with Crippen LogP contribution in [0, 0.1) is 12.8 Å². The van der Waals surface area contributed by atoms with Crippen LogP contribution in [0.5, 0.6) is 0 Å². The molecule has 1 unspecified atom stereocenters. The summed E-state index contributed by atoms with van der Waals surface area (Å²) in [5, 5.41) is 7.25. The van der Waals surface area contributed by atoms with Crippen molar-refractivity contribution < 1.29 is 0 Å². The summed E-state index contributed by atoms with van der Waals surface area (Å²) in [5.74, 6) is 2.63. The summed E-state index contributed by atoms with van der Waals surface area (Å²) in [7, 11) is 0. The number of hydrogen-bond acceptors (Lipinski definition) is 5. The number of nitrogens with zero attached hydrogens (tertiary/aromatic N) is 3. The van der Waals surface area contributed by atoms with Gasteiger partial charge in [-0.05, 0) is 56.3 Å². The zero-order valence-corrected chi connectivity index (χ0v) is 15.2. The molecule has 25 heavy (non-hydrogen) atoms. The van der Waals surface area contributed by atoms with E-state index in [2.05, 4.69) is 41.6 Å². The van der Waals surface area contributed by atoms with E-state index in [1.54, 1.807) is 0 Å². The summed E-state index contributed by atoms with van der Waals surface area (Å²) >= 11 is 0. The lowest BCUT2D eigenvalue weighted by Gasteiger charge is -2.22. The van der Waals surface area contributed by atoms with Crippen molar-refractivity contribution in [3.63, 3.8) is 0 Å². The van der Waals surface area contributed by atoms with Gasteiger partial charge in [0.15, 0.2) is 0 Å². The molecule has 2 N–H and O–H groups in total. The third-order valence-electron chi connectivity index (χ3n) is 5.19. The Kier molecular flexibility index (Phi) is 4.66. The van der Waals surface area contributed by atoms with Crippen molar-refractivity contribution in [1.29, 1.82) is 0 Å². The first kappa shape index (κ1) is 16.5. The van der Waals surface area contributed by atoms with Gasteiger partial charge in [0.2, 0.25) is 0 Å². The number of rotatable bonds is 5. The largest absolute Gasteiger partial charge is 0.361 e. The number of nitrogens with one attached hydrogen (secondary N) is 2. The molecule has 0 spiro atoms. The standard InChI is InChI=1S/C20H27N5/c1-3-18-23-16-8-10-21-9-7-15(16)20(24-18)25-19(14-4-5-14)17-12-13(2)6-11-22-17/h6,11-12,14,19,21H,3-5,7-10H2,1-2H3,(H,23,24,25). The van der Waals surface area contributed by atoms with Crippen molar-refractivity contribution in [2.24, 2.45) is 5.92 Å². The molecule has 1 aliphatic carbocycles. The maximum absolute atomic E-state index is 4.87. The number of pyridine rings is 1. The Hall–Kier alpha value is -2.01. The van der Waals surface area contributed by atoms with Crippen LogP contribution >= 0.6 is 0 Å². The highest BCUT2D eigenvalue weighted by Gasteiger charge is 2.34. The molecule has 0 aromatic carbocycles. The summed E-state index contributed by atoms with van der Waals surface area (Å²) in [6.45, 7) is 6.25. The second-order valence-corrected chi connectivity index (χ2v) is 7.23. The molecule has 0 amide bonds. The monoisotopic (exact) mass is 337 g/mol. The summed E-state index contributed by atoms with van der Waals surface area (Å²) in [5.41, 5.74) is 4.91. The van der Waals surface area contributed by atoms with Crippen molar-refractivity contribution in [1.82, 2.24) is 20.3 Å². The van der Waals surface area contributed by atoms with Crippen LogP contribution in [0.15, 0.2) is 18.3 Å². The molecule has 4 rings (SSSR count). The van der Waals surface area contributed by atoms with Crippen molar-refractivity contribution in [2.45, 2.75) is 52.0 Å². The van der Waals surface area contributed by atoms with Crippen LogP contribution < -0.4 is 10.6 Å². The molecular formula is C20H27N5. The fourth-order valence-electron chi connectivity index (χ4n) is 3.61. The molecule has 2 aromatic heterocycles. The van der Waals surface area contributed by atoms with Gasteiger partial charge in [0.25, 0.3) is 0 Å². The summed E-state index contributed by atoms with van der Waals surface area (Å²) < 4.78 is 0. The highest BCUT2D eigenvalue weighted by atomic mass is 15.1. The van der Waals surface area contributed by atoms with Crippen molar-refractivity contribution in [3.8, 4) is 0 Å². The second-order valence-electron chi connectivity index (χ2n) is 7.23. The number of aromatic nitrogens is 3. The molecule has 1 saturated carbocycles. The van der Waals surface area contributed by atoms with Crippen LogP contribution in [0.2, 0.25) is 0 Å². The molecule has 0 bridgehead atoms. The van der Waals surface area contributed by atoms with Gasteiger partial charge in [-0.2, -0.15) is 0 Å². The normalized spacial score (nSPS) is 18.3. The highest BCUT2D eigenvalue weighted by Crippen LogP contribution is 2.42. The van der Waals surface area contributed by atoms with E-state index in [1.807, 2.05) is 6.20 Å². The number of aryl methyl sites for hydroxylation is 2. The molecule has 5 nitrogen and oxygen atoms in total. The average Bonchev–Trinajstić information content (AvgIpc) is 3.46. The smallest absolute Gasteiger partial charge is 0.133 e. The molecule has 5 heteroatoms. The van der Waals surface area contributed by atoms with E-state index >= 15 is 0 Å². The summed E-state index contributed by atoms with van der Waals surface area (Å²) in [6.07, 6.45) is 7.29. The van der Waals surface area contributed by atoms with Gasteiger partial charge < -0.3 is 10.6 Å². The van der Waals surface area contributed by atoms with Crippen molar-refractivity contribution in [2.75, 3.05) is 18.4 Å². The zero-order valence-electron chi connectivity index (χ0n) is 15.2. The minimum atomic E-state index is 0.250. The van der Waals surface area contributed by atoms with E-state index in [1.165, 1.54) is 29.7 Å². The van der Waals surface area contributed by atoms with Crippen LogP contribution in [-0.4, -0.2) is 28.0 Å². The van der Waals surface area contributed by atoms with Gasteiger partial charge >= 0.3 is 0 Å².